The van der Waals surface area contributed by atoms with Gasteiger partial charge in [-0.3, -0.25) is 9.59 Å². The van der Waals surface area contributed by atoms with Crippen LogP contribution in [0.5, 0.6) is 5.75 Å². The lowest BCUT2D eigenvalue weighted by atomic mass is 9.99. The molecule has 3 rings (SSSR count). The first kappa shape index (κ1) is 21.7. The zero-order valence-corrected chi connectivity index (χ0v) is 18.1. The van der Waals surface area contributed by atoms with E-state index in [-0.39, 0.29) is 18.4 Å². The Hall–Kier alpha value is -3.02. The van der Waals surface area contributed by atoms with Crippen LogP contribution in [0, 0.1) is 0 Å². The monoisotopic (exact) mass is 409 g/mol. The minimum Gasteiger partial charge on any atom is -0.484 e. The first-order valence-corrected chi connectivity index (χ1v) is 10.6. The van der Waals surface area contributed by atoms with Gasteiger partial charge in [-0.05, 0) is 54.3 Å². The van der Waals surface area contributed by atoms with Gasteiger partial charge in [0.2, 0.25) is 5.91 Å². The van der Waals surface area contributed by atoms with Crippen molar-refractivity contribution in [3.05, 3.63) is 54.1 Å². The SMILES string of the molecule is CC[C@@H](C)c1ccc(OCC(=O)Nc2ccc(N3CCN(C(C)=O)CC3)cc2)cc1. The van der Waals surface area contributed by atoms with Gasteiger partial charge in [-0.2, -0.15) is 0 Å². The fourth-order valence-electron chi connectivity index (χ4n) is 3.51. The summed E-state index contributed by atoms with van der Waals surface area (Å²) in [5.41, 5.74) is 3.10. The number of hydrogen-bond acceptors (Lipinski definition) is 4. The Labute approximate surface area is 178 Å². The van der Waals surface area contributed by atoms with Gasteiger partial charge in [0.25, 0.3) is 5.91 Å². The molecule has 2 aromatic rings. The molecule has 1 atom stereocenters. The quantitative estimate of drug-likeness (QED) is 0.754. The van der Waals surface area contributed by atoms with Crippen LogP contribution < -0.4 is 15.0 Å². The average molecular weight is 410 g/mol. The molecule has 1 fully saturated rings. The van der Waals surface area contributed by atoms with Crippen molar-refractivity contribution >= 4 is 23.2 Å². The van der Waals surface area contributed by atoms with Crippen LogP contribution in [0.25, 0.3) is 0 Å². The van der Waals surface area contributed by atoms with E-state index in [1.807, 2.05) is 41.3 Å². The lowest BCUT2D eigenvalue weighted by molar-refractivity contribution is -0.129. The molecule has 0 radical (unpaired) electrons. The van der Waals surface area contributed by atoms with Gasteiger partial charge in [-0.15, -0.1) is 0 Å². The summed E-state index contributed by atoms with van der Waals surface area (Å²) in [5.74, 6) is 1.14. The normalized spacial score (nSPS) is 14.9. The van der Waals surface area contributed by atoms with Gasteiger partial charge in [-0.1, -0.05) is 26.0 Å². The molecule has 0 saturated carbocycles. The number of carbonyl (C=O) groups excluding carboxylic acids is 2. The Bertz CT molecular complexity index is 841. The van der Waals surface area contributed by atoms with Crippen LogP contribution in [0.2, 0.25) is 0 Å². The van der Waals surface area contributed by atoms with Gasteiger partial charge >= 0.3 is 0 Å². The second-order valence-electron chi connectivity index (χ2n) is 7.76. The summed E-state index contributed by atoms with van der Waals surface area (Å²) in [6, 6.07) is 15.7. The number of rotatable bonds is 7. The molecule has 0 aromatic heterocycles. The van der Waals surface area contributed by atoms with E-state index in [4.69, 9.17) is 4.74 Å². The molecular formula is C24H31N3O3. The smallest absolute Gasteiger partial charge is 0.262 e. The first-order chi connectivity index (χ1) is 14.5. The third-order valence-corrected chi connectivity index (χ3v) is 5.67. The number of nitrogens with one attached hydrogen (secondary N) is 1. The highest BCUT2D eigenvalue weighted by Gasteiger charge is 2.18. The molecular weight excluding hydrogens is 378 g/mol. The standard InChI is InChI=1S/C24H31N3O3/c1-4-18(2)20-5-11-23(12-6-20)30-17-24(29)25-21-7-9-22(10-8-21)27-15-13-26(14-16-27)19(3)28/h5-12,18H,4,13-17H2,1-3H3,(H,25,29)/t18-/m1/s1. The Balaban J connectivity index is 1.46. The molecule has 0 unspecified atom stereocenters. The molecule has 1 aliphatic rings. The maximum atomic E-state index is 12.2. The van der Waals surface area contributed by atoms with Crippen molar-refractivity contribution in [2.45, 2.75) is 33.1 Å². The van der Waals surface area contributed by atoms with E-state index in [1.54, 1.807) is 6.92 Å². The molecule has 160 valence electrons. The molecule has 6 heteroatoms. The second kappa shape index (κ2) is 10.1. The Morgan fingerprint density at radius 1 is 1.00 bits per heavy atom. The Morgan fingerprint density at radius 3 is 2.20 bits per heavy atom. The fourth-order valence-corrected chi connectivity index (χ4v) is 3.51. The van der Waals surface area contributed by atoms with Crippen molar-refractivity contribution in [3.63, 3.8) is 0 Å². The topological polar surface area (TPSA) is 61.9 Å². The zero-order valence-electron chi connectivity index (χ0n) is 18.1. The molecule has 6 nitrogen and oxygen atoms in total. The molecule has 30 heavy (non-hydrogen) atoms. The van der Waals surface area contributed by atoms with E-state index in [1.165, 1.54) is 5.56 Å². The zero-order chi connectivity index (χ0) is 21.5. The number of benzene rings is 2. The summed E-state index contributed by atoms with van der Waals surface area (Å²) in [4.78, 5) is 27.8. The average Bonchev–Trinajstić information content (AvgIpc) is 2.78. The van der Waals surface area contributed by atoms with Crippen LogP contribution >= 0.6 is 0 Å². The van der Waals surface area contributed by atoms with E-state index in [9.17, 15) is 9.59 Å². The number of piperazine rings is 1. The van der Waals surface area contributed by atoms with Crippen LogP contribution in [-0.4, -0.2) is 49.5 Å². The third-order valence-electron chi connectivity index (χ3n) is 5.67. The summed E-state index contributed by atoms with van der Waals surface area (Å²) < 4.78 is 5.60. The summed E-state index contributed by atoms with van der Waals surface area (Å²) in [5, 5.41) is 2.87. The highest BCUT2D eigenvalue weighted by Crippen LogP contribution is 2.22. The molecule has 0 aliphatic carbocycles. The van der Waals surface area contributed by atoms with Crippen molar-refractivity contribution in [1.82, 2.24) is 4.90 Å². The number of amides is 2. The Morgan fingerprint density at radius 2 is 1.63 bits per heavy atom. The second-order valence-corrected chi connectivity index (χ2v) is 7.76. The number of carbonyl (C=O) groups is 2. The van der Waals surface area contributed by atoms with E-state index in [0.29, 0.717) is 11.7 Å². The Kier molecular flexibility index (Phi) is 7.33. The molecule has 1 saturated heterocycles. The maximum absolute atomic E-state index is 12.2. The molecule has 1 N–H and O–H groups in total. The minimum absolute atomic E-state index is 0.0303. The van der Waals surface area contributed by atoms with Gasteiger partial charge in [0, 0.05) is 44.5 Å². The van der Waals surface area contributed by atoms with E-state index >= 15 is 0 Å². The lowest BCUT2D eigenvalue weighted by Gasteiger charge is -2.35. The lowest BCUT2D eigenvalue weighted by Crippen LogP contribution is -2.48. The molecule has 0 bridgehead atoms. The summed E-state index contributed by atoms with van der Waals surface area (Å²) in [6.07, 6.45) is 1.09. The molecule has 1 heterocycles. The first-order valence-electron chi connectivity index (χ1n) is 10.6. The predicted molar refractivity (Wildman–Crippen MR) is 120 cm³/mol. The van der Waals surface area contributed by atoms with Crippen LogP contribution in [0.3, 0.4) is 0 Å². The van der Waals surface area contributed by atoms with Crippen molar-refractivity contribution in [2.24, 2.45) is 0 Å². The number of hydrogen-bond donors (Lipinski definition) is 1. The van der Waals surface area contributed by atoms with Crippen molar-refractivity contribution < 1.29 is 14.3 Å². The maximum Gasteiger partial charge on any atom is 0.262 e. The summed E-state index contributed by atoms with van der Waals surface area (Å²) >= 11 is 0. The molecule has 0 spiro atoms. The van der Waals surface area contributed by atoms with Crippen LogP contribution in [0.1, 0.15) is 38.7 Å². The largest absolute Gasteiger partial charge is 0.484 e. The van der Waals surface area contributed by atoms with E-state index < -0.39 is 0 Å². The van der Waals surface area contributed by atoms with Gasteiger partial charge in [0.1, 0.15) is 5.75 Å². The third kappa shape index (κ3) is 5.75. The summed E-state index contributed by atoms with van der Waals surface area (Å²) in [7, 11) is 0. The van der Waals surface area contributed by atoms with Gasteiger partial charge in [-0.25, -0.2) is 0 Å². The van der Waals surface area contributed by atoms with Gasteiger partial charge in [0.15, 0.2) is 6.61 Å². The predicted octanol–water partition coefficient (Wildman–Crippen LogP) is 3.89. The van der Waals surface area contributed by atoms with Crippen molar-refractivity contribution in [2.75, 3.05) is 43.0 Å². The number of nitrogens with zero attached hydrogens (tertiary/aromatic N) is 2. The summed E-state index contributed by atoms with van der Waals surface area (Å²) in [6.45, 7) is 9.05. The van der Waals surface area contributed by atoms with Gasteiger partial charge in [0.05, 0.1) is 0 Å². The van der Waals surface area contributed by atoms with E-state index in [0.717, 1.165) is 44.0 Å². The van der Waals surface area contributed by atoms with E-state index in [2.05, 4.69) is 36.2 Å². The highest BCUT2D eigenvalue weighted by molar-refractivity contribution is 5.92. The number of anilines is 2. The van der Waals surface area contributed by atoms with Crippen LogP contribution in [-0.2, 0) is 9.59 Å². The molecule has 1 aliphatic heterocycles. The fraction of sp³-hybridized carbons (Fsp3) is 0.417. The van der Waals surface area contributed by atoms with Crippen LogP contribution in [0.4, 0.5) is 11.4 Å². The number of ether oxygens (including phenoxy) is 1. The van der Waals surface area contributed by atoms with Crippen molar-refractivity contribution in [1.29, 1.82) is 0 Å². The minimum atomic E-state index is -0.191. The highest BCUT2D eigenvalue weighted by atomic mass is 16.5. The molecule has 2 amide bonds. The van der Waals surface area contributed by atoms with Crippen LogP contribution in [0.15, 0.2) is 48.5 Å². The van der Waals surface area contributed by atoms with Gasteiger partial charge < -0.3 is 19.9 Å². The molecule has 2 aromatic carbocycles. The van der Waals surface area contributed by atoms with Crippen molar-refractivity contribution in [3.8, 4) is 5.75 Å².